The van der Waals surface area contributed by atoms with Crippen LogP contribution in [0.1, 0.15) is 0 Å². The molecule has 0 unspecified atom stereocenters. The van der Waals surface area contributed by atoms with E-state index in [9.17, 15) is 0 Å². The summed E-state index contributed by atoms with van der Waals surface area (Å²) in [6, 6.07) is 10.3. The molecule has 0 fully saturated rings. The van der Waals surface area contributed by atoms with Crippen LogP contribution in [0, 0.1) is 0 Å². The Morgan fingerprint density at radius 3 is 1.83 bits per heavy atom. The predicted octanol–water partition coefficient (Wildman–Crippen LogP) is 3.29. The van der Waals surface area contributed by atoms with Gasteiger partial charge in [-0.3, -0.25) is 0 Å². The first-order valence-corrected chi connectivity index (χ1v) is 18.8. The first kappa shape index (κ1) is 16.6. The van der Waals surface area contributed by atoms with Crippen LogP contribution in [-0.2, 0) is 9.47 Å². The fraction of sp³-hybridized carbons (Fsp3) is 0.273. The quantitative estimate of drug-likeness (QED) is 0.543. The molecule has 7 heteroatoms. The van der Waals surface area contributed by atoms with Crippen LogP contribution in [0.15, 0.2) is 30.3 Å². The Balaban J connectivity index is 3.00. The minimum absolute atomic E-state index is 0.573. The molecule has 0 saturated heterocycles. The van der Waals surface area contributed by atoms with Crippen molar-refractivity contribution in [1.82, 2.24) is 0 Å². The number of hydrogen-bond donors (Lipinski definition) is 0. The van der Waals surface area contributed by atoms with Crippen LogP contribution in [0.4, 0.5) is 0 Å². The summed E-state index contributed by atoms with van der Waals surface area (Å²) >= 11 is 7.55. The van der Waals surface area contributed by atoms with Crippen molar-refractivity contribution in [2.24, 2.45) is 0 Å². The van der Waals surface area contributed by atoms with E-state index in [1.165, 1.54) is 3.58 Å². The Morgan fingerprint density at radius 2 is 1.44 bits per heavy atom. The van der Waals surface area contributed by atoms with Gasteiger partial charge >= 0.3 is 129 Å². The normalized spacial score (nSPS) is 10.8. The Hall–Kier alpha value is 0.499. The van der Waals surface area contributed by atoms with Gasteiger partial charge in [0.25, 0.3) is 0 Å². The molecule has 0 atom stereocenters. The maximum absolute atomic E-state index is 5.19. The molecule has 1 aromatic rings. The zero-order valence-electron chi connectivity index (χ0n) is 10.3. The second-order valence-electron chi connectivity index (χ2n) is 3.42. The van der Waals surface area contributed by atoms with Gasteiger partial charge in [-0.1, -0.05) is 0 Å². The molecule has 0 aliphatic rings. The SMILES string of the molecule is COC(=S)[S][Sn]([CH3])([S]C(=S)OC)[c]1ccccc1. The van der Waals surface area contributed by atoms with E-state index in [0.717, 1.165) is 0 Å². The fourth-order valence-corrected chi connectivity index (χ4v) is 28.4. The van der Waals surface area contributed by atoms with Gasteiger partial charge in [-0.2, -0.15) is 0 Å². The molecular formula is C11H14O2S4Sn. The Labute approximate surface area is 128 Å². The second kappa shape index (κ2) is 7.94. The molecule has 0 bridgehead atoms. The number of rotatable bonds is 3. The monoisotopic (exact) mass is 426 g/mol. The van der Waals surface area contributed by atoms with Crippen molar-refractivity contribution >= 4 is 70.3 Å². The first-order valence-electron chi connectivity index (χ1n) is 5.11. The summed E-state index contributed by atoms with van der Waals surface area (Å²) in [5.74, 6) is 0. The third-order valence-corrected chi connectivity index (χ3v) is 27.3. The topological polar surface area (TPSA) is 18.5 Å². The summed E-state index contributed by atoms with van der Waals surface area (Å²) in [4.78, 5) is 2.26. The first-order chi connectivity index (χ1) is 8.51. The molecule has 0 aliphatic carbocycles. The maximum atomic E-state index is 5.19. The summed E-state index contributed by atoms with van der Waals surface area (Å²) in [6.07, 6.45) is 0. The molecule has 98 valence electrons. The van der Waals surface area contributed by atoms with Crippen LogP contribution >= 0.6 is 42.3 Å². The van der Waals surface area contributed by atoms with Crippen molar-refractivity contribution in [3.63, 3.8) is 0 Å². The van der Waals surface area contributed by atoms with E-state index in [1.54, 1.807) is 32.1 Å². The van der Waals surface area contributed by atoms with Gasteiger partial charge in [0.05, 0.1) is 0 Å². The van der Waals surface area contributed by atoms with Crippen molar-refractivity contribution in [2.75, 3.05) is 14.2 Å². The van der Waals surface area contributed by atoms with Gasteiger partial charge in [-0.15, -0.1) is 0 Å². The van der Waals surface area contributed by atoms with Crippen LogP contribution in [0.3, 0.4) is 0 Å². The Morgan fingerprint density at radius 1 is 1.00 bits per heavy atom. The summed E-state index contributed by atoms with van der Waals surface area (Å²) < 4.78 is 12.7. The molecule has 2 nitrogen and oxygen atoms in total. The van der Waals surface area contributed by atoms with Crippen molar-refractivity contribution in [3.05, 3.63) is 30.3 Å². The predicted molar refractivity (Wildman–Crippen MR) is 92.1 cm³/mol. The summed E-state index contributed by atoms with van der Waals surface area (Å²) in [7, 11) is 6.52. The number of thiocarbonyl (C=S) groups is 2. The van der Waals surface area contributed by atoms with Crippen molar-refractivity contribution in [2.45, 2.75) is 4.94 Å². The number of benzene rings is 1. The Kier molecular flexibility index (Phi) is 7.30. The molecule has 0 N–H and O–H groups in total. The zero-order chi connectivity index (χ0) is 13.6. The molecular weight excluding hydrogens is 411 g/mol. The third kappa shape index (κ3) is 4.88. The van der Waals surface area contributed by atoms with E-state index in [1.807, 2.05) is 18.2 Å². The number of hydrogen-bond acceptors (Lipinski definition) is 6. The van der Waals surface area contributed by atoms with Gasteiger partial charge in [-0.25, -0.2) is 0 Å². The van der Waals surface area contributed by atoms with E-state index >= 15 is 0 Å². The van der Waals surface area contributed by atoms with E-state index in [2.05, 4.69) is 17.1 Å². The number of ether oxygens (including phenoxy) is 2. The summed E-state index contributed by atoms with van der Waals surface area (Å²) in [5, 5.41) is 0. The molecule has 1 rings (SSSR count). The molecule has 0 saturated carbocycles. The number of methoxy groups -OCH3 is 2. The Bertz CT molecular complexity index is 406. The molecule has 0 aliphatic heterocycles. The molecule has 0 spiro atoms. The van der Waals surface area contributed by atoms with Crippen molar-refractivity contribution < 1.29 is 9.47 Å². The summed E-state index contributed by atoms with van der Waals surface area (Å²) in [5.41, 5.74) is 0. The van der Waals surface area contributed by atoms with Gasteiger partial charge in [0.15, 0.2) is 0 Å². The van der Waals surface area contributed by atoms with E-state index < -0.39 is 15.6 Å². The van der Waals surface area contributed by atoms with Crippen molar-refractivity contribution in [1.29, 1.82) is 0 Å². The zero-order valence-corrected chi connectivity index (χ0v) is 16.5. The van der Waals surface area contributed by atoms with Crippen LogP contribution in [0.25, 0.3) is 0 Å². The molecule has 0 amide bonds. The third-order valence-electron chi connectivity index (χ3n) is 2.19. The van der Waals surface area contributed by atoms with Crippen LogP contribution in [0.2, 0.25) is 4.94 Å². The van der Waals surface area contributed by atoms with Crippen molar-refractivity contribution in [3.8, 4) is 0 Å². The van der Waals surface area contributed by atoms with E-state index in [-0.39, 0.29) is 0 Å². The summed E-state index contributed by atoms with van der Waals surface area (Å²) in [6.45, 7) is 0. The molecule has 18 heavy (non-hydrogen) atoms. The molecule has 0 heterocycles. The van der Waals surface area contributed by atoms with Gasteiger partial charge in [0.1, 0.15) is 0 Å². The average molecular weight is 425 g/mol. The van der Waals surface area contributed by atoms with Crippen LogP contribution in [0.5, 0.6) is 0 Å². The fourth-order valence-electron chi connectivity index (χ4n) is 1.28. The van der Waals surface area contributed by atoms with Crippen LogP contribution in [-0.4, -0.2) is 38.6 Å². The van der Waals surface area contributed by atoms with E-state index in [4.69, 9.17) is 33.9 Å². The second-order valence-corrected chi connectivity index (χ2v) is 29.1. The standard InChI is InChI=1S/C6H5.2C2H4OS2.CH3.Sn/c1-2-4-6-5-3-1;2*1-3-2(4)5;;/h1-5H;2*1H3,(H,4,5);1H3;/q;;;;+2/p-2. The molecule has 0 aromatic heterocycles. The molecule has 1 aromatic carbocycles. The minimum atomic E-state index is -2.83. The van der Waals surface area contributed by atoms with Gasteiger partial charge in [0, 0.05) is 0 Å². The van der Waals surface area contributed by atoms with Gasteiger partial charge < -0.3 is 0 Å². The molecule has 0 radical (unpaired) electrons. The van der Waals surface area contributed by atoms with Crippen LogP contribution < -0.4 is 3.58 Å². The average Bonchev–Trinajstić information content (AvgIpc) is 2.39. The van der Waals surface area contributed by atoms with Gasteiger partial charge in [-0.05, 0) is 0 Å². The van der Waals surface area contributed by atoms with E-state index in [0.29, 0.717) is 8.77 Å². The van der Waals surface area contributed by atoms with Gasteiger partial charge in [0.2, 0.25) is 0 Å².